The summed E-state index contributed by atoms with van der Waals surface area (Å²) in [6, 6.07) is 16.4. The van der Waals surface area contributed by atoms with Gasteiger partial charge >= 0.3 is 0 Å². The summed E-state index contributed by atoms with van der Waals surface area (Å²) in [5.74, 6) is -1.28. The minimum atomic E-state index is -4.52. The highest BCUT2D eigenvalue weighted by Gasteiger charge is 2.28. The molecule has 4 aromatic carbocycles. The Morgan fingerprint density at radius 1 is 0.553 bits per heavy atom. The van der Waals surface area contributed by atoms with E-state index in [9.17, 15) is 55.3 Å². The first-order valence-corrected chi connectivity index (χ1v) is 36.8. The minimum Gasteiger partial charge on any atom is -0.494 e. The summed E-state index contributed by atoms with van der Waals surface area (Å²) in [5.41, 5.74) is 2.07. The minimum absolute atomic E-state index is 0.0152. The van der Waals surface area contributed by atoms with Crippen LogP contribution in [-0.4, -0.2) is 204 Å². The molecule has 5 heterocycles. The standard InChI is InChI=1S/C65H78N18O16S4/c1-9-79(10-2)51-35-47(49(37-53(51)96-7)75-77-64-70-57(81-23-29-98-30-24-81)55(100-64)33-45(39(5)86)59(88)66-41-13-17-43(18-14-41)102(90,91)92)68-61-72-62(74-63(73-61)83(21-27-84)22-28-85)69-48-36-52(80(11-3)12-4)54(97-8)38-50(48)76-78-65-71-58(82-25-31-99-32-26-82)56(101-65)34-46(40(6)87)60(89)67-42-15-19-44(20-16-42)103(93,94)95/h13-20,33-38,84-85H,9-12,21-32H2,1-8H3,(H,66,88)(H,67,89)(H,90,91,92)(H,93,94,95)(H2,68,69,72,73,74)/b45-33+,46-34?,77-75?,78-76?. The molecule has 3 aromatic heterocycles. The Morgan fingerprint density at radius 3 is 1.24 bits per heavy atom. The molecule has 0 radical (unpaired) electrons. The number of morpholine rings is 2. The molecule has 2 saturated heterocycles. The van der Waals surface area contributed by atoms with E-state index in [1.165, 1.54) is 64.5 Å². The van der Waals surface area contributed by atoms with E-state index in [1.807, 2.05) is 37.5 Å². The van der Waals surface area contributed by atoms with Crippen molar-refractivity contribution in [2.24, 2.45) is 20.5 Å². The summed E-state index contributed by atoms with van der Waals surface area (Å²) in [7, 11) is -6.01. The van der Waals surface area contributed by atoms with Crippen molar-refractivity contribution in [3.05, 3.63) is 93.7 Å². The number of ether oxygens (including phenoxy) is 4. The van der Waals surface area contributed by atoms with Crippen LogP contribution in [0.2, 0.25) is 0 Å². The highest BCUT2D eigenvalue weighted by molar-refractivity contribution is 7.86. The van der Waals surface area contributed by atoms with Crippen LogP contribution in [0.5, 0.6) is 11.5 Å². The molecule has 2 amide bonds. The zero-order chi connectivity index (χ0) is 74.1. The second-order valence-electron chi connectivity index (χ2n) is 22.5. The van der Waals surface area contributed by atoms with Gasteiger partial charge in [-0.05, 0) is 114 Å². The number of aliphatic hydroxyl groups excluding tert-OH is 2. The molecule has 0 spiro atoms. The topological polar surface area (TPSA) is 433 Å². The third-order valence-corrected chi connectivity index (χ3v) is 19.4. The highest BCUT2D eigenvalue weighted by Crippen LogP contribution is 2.45. The molecule has 2 aliphatic rings. The summed E-state index contributed by atoms with van der Waals surface area (Å²) in [6.45, 7) is 14.9. The average molecular weight is 1500 g/mol. The molecule has 0 bridgehead atoms. The fraction of sp³-hybridized carbons (Fsp3) is 0.369. The number of rotatable bonds is 33. The average Bonchev–Trinajstić information content (AvgIpc) is 0.935. The van der Waals surface area contributed by atoms with Crippen molar-refractivity contribution in [2.45, 2.75) is 51.3 Å². The second kappa shape index (κ2) is 35.2. The number of methoxy groups -OCH3 is 2. The van der Waals surface area contributed by atoms with Gasteiger partial charge in [-0.2, -0.15) is 41.8 Å². The van der Waals surface area contributed by atoms with E-state index in [2.05, 4.69) is 41.3 Å². The number of azo groups is 2. The number of nitrogens with one attached hydrogen (secondary N) is 4. The second-order valence-corrected chi connectivity index (χ2v) is 27.4. The molecule has 2 aliphatic heterocycles. The Morgan fingerprint density at radius 2 is 0.922 bits per heavy atom. The van der Waals surface area contributed by atoms with Gasteiger partial charge in [0.25, 0.3) is 32.1 Å². The van der Waals surface area contributed by atoms with E-state index >= 15 is 0 Å². The number of aromatic nitrogens is 5. The number of hydrogen-bond acceptors (Lipinski definition) is 32. The van der Waals surface area contributed by atoms with E-state index in [0.29, 0.717) is 134 Å². The fourth-order valence-electron chi connectivity index (χ4n) is 10.7. The molecule has 7 aromatic rings. The van der Waals surface area contributed by atoms with Gasteiger partial charge in [-0.1, -0.05) is 22.7 Å². The van der Waals surface area contributed by atoms with Gasteiger partial charge in [-0.15, -0.1) is 20.5 Å². The molecule has 0 saturated carbocycles. The Balaban J connectivity index is 1.13. The van der Waals surface area contributed by atoms with Crippen molar-refractivity contribution in [1.82, 2.24) is 24.9 Å². The van der Waals surface area contributed by atoms with Crippen LogP contribution in [0.15, 0.2) is 114 Å². The summed E-state index contributed by atoms with van der Waals surface area (Å²) >= 11 is 2.08. The van der Waals surface area contributed by atoms with E-state index in [0.717, 1.165) is 46.9 Å². The zero-order valence-electron chi connectivity index (χ0n) is 57.5. The predicted molar refractivity (Wildman–Crippen MR) is 392 cm³/mol. The van der Waals surface area contributed by atoms with Gasteiger partial charge in [0, 0.05) is 89.0 Å². The van der Waals surface area contributed by atoms with E-state index < -0.39 is 53.4 Å². The number of amides is 2. The predicted octanol–water partition coefficient (Wildman–Crippen LogP) is 8.99. The number of carbonyl (C=O) groups is 4. The fourth-order valence-corrected chi connectivity index (χ4v) is 13.3. The maximum atomic E-state index is 13.8. The lowest BCUT2D eigenvalue weighted by Gasteiger charge is -2.27. The van der Waals surface area contributed by atoms with Gasteiger partial charge in [-0.3, -0.25) is 28.3 Å². The molecule has 103 heavy (non-hydrogen) atoms. The molecule has 0 aliphatic carbocycles. The van der Waals surface area contributed by atoms with Gasteiger partial charge in [0.1, 0.15) is 34.5 Å². The molecule has 0 unspecified atom stereocenters. The first kappa shape index (κ1) is 77.1. The molecule has 9 rings (SSSR count). The monoisotopic (exact) mass is 1490 g/mol. The van der Waals surface area contributed by atoms with Crippen LogP contribution in [-0.2, 0) is 48.9 Å². The SMILES string of the molecule is CCN(CC)c1cc(Nc2nc(Nc3cc(N(CC)CC)c(OC)cc3N=Nc3nc(N4CCOCC4)c(/C=C(\C(C)=O)C(=O)Nc4ccc(S(=O)(=O)O)cc4)s3)nc(N(CCO)CCO)n2)c(N=Nc2nc(N3CCOCC3)c(C=C(C(C)=O)C(=O)Nc3ccc(S(=O)(=O)O)cc3)s2)cc1OC. The molecular weight excluding hydrogens is 1420 g/mol. The Hall–Kier alpha value is -10.0. The summed E-state index contributed by atoms with van der Waals surface area (Å²) < 4.78 is 89.0. The van der Waals surface area contributed by atoms with Crippen LogP contribution in [0.1, 0.15) is 51.3 Å². The Kier molecular flexibility index (Phi) is 26.4. The van der Waals surface area contributed by atoms with Crippen LogP contribution in [0, 0.1) is 0 Å². The maximum Gasteiger partial charge on any atom is 0.294 e. The first-order chi connectivity index (χ1) is 49.4. The van der Waals surface area contributed by atoms with Crippen LogP contribution in [0.25, 0.3) is 12.2 Å². The Labute approximate surface area is 601 Å². The first-order valence-electron chi connectivity index (χ1n) is 32.3. The van der Waals surface area contributed by atoms with Crippen LogP contribution in [0.3, 0.4) is 0 Å². The molecular formula is C65H78N18O16S4. The van der Waals surface area contributed by atoms with Crippen molar-refractivity contribution in [3.63, 3.8) is 0 Å². The Bertz CT molecular complexity index is 4290. The highest BCUT2D eigenvalue weighted by atomic mass is 32.2. The van der Waals surface area contributed by atoms with Gasteiger partial charge in [-0.25, -0.2) is 0 Å². The number of benzene rings is 4. The number of anilines is 11. The van der Waals surface area contributed by atoms with Crippen molar-refractivity contribution in [1.29, 1.82) is 0 Å². The largest absolute Gasteiger partial charge is 0.494 e. The molecule has 38 heteroatoms. The number of carbonyl (C=O) groups excluding carboxylic acids is 4. The van der Waals surface area contributed by atoms with Crippen molar-refractivity contribution in [2.75, 3.05) is 165 Å². The molecule has 2 fully saturated rings. The number of Topliss-reactive ketones (excluding diaryl/α,β-unsaturated/α-hetero) is 2. The molecule has 548 valence electrons. The number of nitrogens with zero attached hydrogens (tertiary/aromatic N) is 14. The number of hydrogen-bond donors (Lipinski definition) is 8. The van der Waals surface area contributed by atoms with Gasteiger partial charge in [0.2, 0.25) is 28.1 Å². The smallest absolute Gasteiger partial charge is 0.294 e. The van der Waals surface area contributed by atoms with Crippen LogP contribution >= 0.6 is 22.7 Å². The van der Waals surface area contributed by atoms with E-state index in [1.54, 1.807) is 29.2 Å². The summed E-state index contributed by atoms with van der Waals surface area (Å²) in [4.78, 5) is 87.9. The van der Waals surface area contributed by atoms with E-state index in [-0.39, 0.29) is 88.3 Å². The zero-order valence-corrected chi connectivity index (χ0v) is 60.7. The normalized spacial score (nSPS) is 13.9. The lowest BCUT2D eigenvalue weighted by molar-refractivity contribution is -0.120. The third-order valence-electron chi connectivity index (χ3n) is 15.9. The van der Waals surface area contributed by atoms with Crippen LogP contribution in [0.4, 0.5) is 85.2 Å². The van der Waals surface area contributed by atoms with Gasteiger partial charge in [0.15, 0.2) is 11.6 Å². The van der Waals surface area contributed by atoms with Gasteiger partial charge in [0.05, 0.1) is 107 Å². The summed E-state index contributed by atoms with van der Waals surface area (Å²) in [6.07, 6.45) is 2.79. The number of aliphatic hydroxyl groups is 2. The molecule has 8 N–H and O–H groups in total. The van der Waals surface area contributed by atoms with E-state index in [4.69, 9.17) is 54.1 Å². The lowest BCUT2D eigenvalue weighted by atomic mass is 10.1. The lowest BCUT2D eigenvalue weighted by Crippen LogP contribution is -2.36. The van der Waals surface area contributed by atoms with Gasteiger partial charge < -0.3 is 74.9 Å². The van der Waals surface area contributed by atoms with Crippen LogP contribution < -0.4 is 55.2 Å². The summed E-state index contributed by atoms with van der Waals surface area (Å²) in [5, 5.41) is 51.6. The number of thiazole rings is 2. The third kappa shape index (κ3) is 19.8. The van der Waals surface area contributed by atoms with Crippen molar-refractivity contribution >= 4 is 164 Å². The maximum absolute atomic E-state index is 13.8. The molecule has 0 atom stereocenters. The quantitative estimate of drug-likeness (QED) is 0.00625. The molecule has 34 nitrogen and oxygen atoms in total. The van der Waals surface area contributed by atoms with Crippen molar-refractivity contribution in [3.8, 4) is 11.5 Å². The van der Waals surface area contributed by atoms with Crippen molar-refractivity contribution < 1.29 is 74.3 Å². The number of ketones is 2.